The molecule has 0 aliphatic rings. The summed E-state index contributed by atoms with van der Waals surface area (Å²) in [7, 11) is 0. The van der Waals surface area contributed by atoms with Gasteiger partial charge in [-0.05, 0) is 95.8 Å². The van der Waals surface area contributed by atoms with E-state index >= 15 is 0 Å². The molecule has 0 spiro atoms. The van der Waals surface area contributed by atoms with E-state index in [1.54, 1.807) is 36.4 Å². The molecule has 3 heterocycles. The molecule has 0 radical (unpaired) electrons. The predicted molar refractivity (Wildman–Crippen MR) is 215 cm³/mol. The third-order valence-electron chi connectivity index (χ3n) is 8.90. The Kier molecular flexibility index (Phi) is 2.86. The molecule has 11 rings (SSSR count). The van der Waals surface area contributed by atoms with Gasteiger partial charge in [-0.3, -0.25) is 0 Å². The first-order valence-electron chi connectivity index (χ1n) is 27.6. The largest absolute Gasteiger partial charge is 0.309 e. The van der Waals surface area contributed by atoms with E-state index in [1.807, 2.05) is 0 Å². The predicted octanol–water partition coefficient (Wildman–Crippen LogP) is 12.6. The number of rotatable bonds is 4. The Morgan fingerprint density at radius 3 is 1.39 bits per heavy atom. The van der Waals surface area contributed by atoms with Crippen molar-refractivity contribution in [2.24, 2.45) is 0 Å². The molecule has 0 bridgehead atoms. The molecular weight excluding hydrogens is 619 g/mol. The molecule has 238 valence electrons. The zero-order chi connectivity index (χ0) is 54.4. The Bertz CT molecular complexity index is 4470. The number of benzene rings is 8. The van der Waals surface area contributed by atoms with Gasteiger partial charge in [0.15, 0.2) is 0 Å². The molecular formula is C48H31N3. The van der Waals surface area contributed by atoms with Crippen LogP contribution in [0, 0.1) is 0 Å². The van der Waals surface area contributed by atoms with E-state index in [0.29, 0.717) is 21.8 Å². The van der Waals surface area contributed by atoms with Crippen LogP contribution in [0.5, 0.6) is 0 Å². The third-order valence-corrected chi connectivity index (χ3v) is 8.90. The second-order valence-electron chi connectivity index (χ2n) is 11.6. The van der Waals surface area contributed by atoms with Crippen LogP contribution in [-0.4, -0.2) is 13.7 Å². The normalized spacial score (nSPS) is 18.5. The molecule has 0 saturated carbocycles. The molecule has 3 heteroatoms. The molecule has 3 nitrogen and oxygen atoms in total. The van der Waals surface area contributed by atoms with Gasteiger partial charge in [0.2, 0.25) is 0 Å². The second kappa shape index (κ2) is 10.8. The van der Waals surface area contributed by atoms with Gasteiger partial charge in [0.1, 0.15) is 0 Å². The second-order valence-corrected chi connectivity index (χ2v) is 11.6. The van der Waals surface area contributed by atoms with Crippen LogP contribution in [0.25, 0.3) is 93.6 Å². The number of para-hydroxylation sites is 5. The van der Waals surface area contributed by atoms with Gasteiger partial charge in [-0.1, -0.05) is 103 Å². The van der Waals surface area contributed by atoms with Gasteiger partial charge in [-0.25, -0.2) is 0 Å². The molecule has 0 fully saturated rings. The molecule has 0 aliphatic heterocycles. The maximum atomic E-state index is 9.91. The number of fused-ring (bicyclic) bond motifs is 9. The van der Waals surface area contributed by atoms with E-state index in [2.05, 4.69) is 0 Å². The lowest BCUT2D eigenvalue weighted by Gasteiger charge is -2.11. The van der Waals surface area contributed by atoms with Crippen molar-refractivity contribution in [2.75, 3.05) is 0 Å². The average Bonchev–Trinajstić information content (AvgIpc) is 4.13. The zero-order valence-corrected chi connectivity index (χ0v) is 25.9. The highest BCUT2D eigenvalue weighted by Gasteiger charge is 2.18. The van der Waals surface area contributed by atoms with E-state index in [0.717, 1.165) is 4.57 Å². The lowest BCUT2D eigenvalue weighted by atomic mass is 10.0. The molecule has 0 atom stereocenters. The minimum Gasteiger partial charge on any atom is -0.309 e. The van der Waals surface area contributed by atoms with Crippen molar-refractivity contribution in [3.63, 3.8) is 0 Å². The molecule has 0 aliphatic carbocycles. The smallest absolute Gasteiger partial charge is 0.0645 e. The maximum absolute atomic E-state index is 9.91. The molecule has 8 aromatic carbocycles. The Morgan fingerprint density at radius 1 is 0.314 bits per heavy atom. The van der Waals surface area contributed by atoms with Gasteiger partial charge in [0.25, 0.3) is 0 Å². The summed E-state index contributed by atoms with van der Waals surface area (Å²) < 4.78 is 218. The molecule has 11 aromatic rings. The van der Waals surface area contributed by atoms with Gasteiger partial charge in [0, 0.05) is 49.4 Å². The Labute approximate surface area is 328 Å². The van der Waals surface area contributed by atoms with E-state index in [9.17, 15) is 11.0 Å². The van der Waals surface area contributed by atoms with E-state index in [1.165, 1.54) is 15.2 Å². The van der Waals surface area contributed by atoms with Crippen molar-refractivity contribution in [1.29, 1.82) is 0 Å². The fraction of sp³-hybridized carbons (Fsp3) is 0. The molecule has 0 saturated heterocycles. The number of hydrogen-bond donors (Lipinski definition) is 0. The summed E-state index contributed by atoms with van der Waals surface area (Å²) in [5.41, 5.74) is -2.85. The zero-order valence-electron chi connectivity index (χ0n) is 49.9. The van der Waals surface area contributed by atoms with Gasteiger partial charge in [-0.15, -0.1) is 0 Å². The summed E-state index contributed by atoms with van der Waals surface area (Å²) in [6.07, 6.45) is 0. The van der Waals surface area contributed by atoms with Gasteiger partial charge in [0.05, 0.1) is 66.0 Å². The average molecular weight is 674 g/mol. The summed E-state index contributed by atoms with van der Waals surface area (Å²) >= 11 is 0. The monoisotopic (exact) mass is 673 g/mol. The molecule has 0 unspecified atom stereocenters. The van der Waals surface area contributed by atoms with Crippen LogP contribution in [0.2, 0.25) is 0 Å². The lowest BCUT2D eigenvalue weighted by Crippen LogP contribution is -1.95. The number of hydrogen-bond acceptors (Lipinski definition) is 0. The lowest BCUT2D eigenvalue weighted by molar-refractivity contribution is 1.17. The SMILES string of the molecule is [2H]c1c([2H])c([2H])c(-n2c3ccccc3c3cc(-n4c5c([2H])c([2H])c([2H])c([2H])c5c5c([2H])c(-c6c([2H])c([2H])c7c(c6[2H])c6c([2H])c([2H])c([2H])c([2H])c6n7-c6c([2H])c([2H])c([2H])c([2H])c6[2H])c([2H])c([2H])c54)ccc32)c([2H])c1[2H]. The quantitative estimate of drug-likeness (QED) is 0.177. The minimum absolute atomic E-state index is 0.128. The Balaban J connectivity index is 1.28. The van der Waals surface area contributed by atoms with Crippen LogP contribution in [-0.2, 0) is 0 Å². The van der Waals surface area contributed by atoms with Crippen molar-refractivity contribution < 1.29 is 32.9 Å². The number of aromatic nitrogens is 3. The highest BCUT2D eigenvalue weighted by atomic mass is 15.0. The van der Waals surface area contributed by atoms with Crippen LogP contribution in [0.4, 0.5) is 0 Å². The van der Waals surface area contributed by atoms with Crippen molar-refractivity contribution in [3.05, 3.63) is 187 Å². The topological polar surface area (TPSA) is 14.8 Å². The van der Waals surface area contributed by atoms with E-state index in [4.69, 9.17) is 21.9 Å². The van der Waals surface area contributed by atoms with Gasteiger partial charge < -0.3 is 13.7 Å². The summed E-state index contributed by atoms with van der Waals surface area (Å²) in [5, 5.41) is -0.684. The van der Waals surface area contributed by atoms with E-state index < -0.39 is 184 Å². The number of nitrogens with zero attached hydrogens (tertiary/aromatic N) is 3. The van der Waals surface area contributed by atoms with Crippen molar-refractivity contribution >= 4 is 65.4 Å². The van der Waals surface area contributed by atoms with Crippen LogP contribution in [0.3, 0.4) is 0 Å². The first kappa shape index (κ1) is 13.5. The highest BCUT2D eigenvalue weighted by molar-refractivity contribution is 6.14. The van der Waals surface area contributed by atoms with Crippen molar-refractivity contribution in [2.45, 2.75) is 0 Å². The summed E-state index contributed by atoms with van der Waals surface area (Å²) in [6, 6.07) is -6.30. The van der Waals surface area contributed by atoms with Gasteiger partial charge >= 0.3 is 0 Å². The van der Waals surface area contributed by atoms with Crippen molar-refractivity contribution in [3.8, 4) is 28.2 Å². The first-order chi connectivity index (χ1) is 35.3. The molecule has 0 N–H and O–H groups in total. The Morgan fingerprint density at radius 2 is 0.784 bits per heavy atom. The summed E-state index contributed by atoms with van der Waals surface area (Å²) in [4.78, 5) is 0. The minimum atomic E-state index is -0.911. The fourth-order valence-corrected chi connectivity index (χ4v) is 6.81. The first-order valence-corrected chi connectivity index (χ1v) is 15.6. The molecule has 3 aromatic heterocycles. The highest BCUT2D eigenvalue weighted by Crippen LogP contribution is 2.40. The van der Waals surface area contributed by atoms with Gasteiger partial charge in [-0.2, -0.15) is 0 Å². The van der Waals surface area contributed by atoms with Crippen LogP contribution in [0.15, 0.2) is 187 Å². The fourth-order valence-electron chi connectivity index (χ4n) is 6.81. The maximum Gasteiger partial charge on any atom is 0.0645 e. The van der Waals surface area contributed by atoms with Crippen molar-refractivity contribution in [1.82, 2.24) is 13.7 Å². The third kappa shape index (κ3) is 4.12. The van der Waals surface area contributed by atoms with Crippen LogP contribution >= 0.6 is 0 Å². The Hall–Kier alpha value is -6.84. The van der Waals surface area contributed by atoms with E-state index in [-0.39, 0.29) is 33.2 Å². The summed E-state index contributed by atoms with van der Waals surface area (Å²) in [5.74, 6) is 0. The summed E-state index contributed by atoms with van der Waals surface area (Å²) in [6.45, 7) is 0. The van der Waals surface area contributed by atoms with Crippen LogP contribution in [0.1, 0.15) is 32.9 Å². The standard InChI is InChI=1S/C48H31N3/c1-3-13-34(14-4-1)49-43-20-10-7-17-37(43)40-29-32(23-26-46(40)49)33-24-27-47-41(30-33)38-18-8-12-22-45(38)51(47)36-25-28-48-42(31-36)39-19-9-11-21-44(39)50(48)35-15-5-2-6-16-35/h1-31H/i1D,2D,3D,4D,5D,6D,7D,8D,10D,12D,13D,14D,15D,16D,17D,18D,20D,22D,23D,24D,26D,27D,29D,30D. The molecule has 0 amide bonds. The van der Waals surface area contributed by atoms with Crippen LogP contribution < -0.4 is 0 Å². The molecule has 51 heavy (non-hydrogen) atoms.